The van der Waals surface area contributed by atoms with E-state index >= 15 is 0 Å². The average Bonchev–Trinajstić information content (AvgIpc) is 1.66. The lowest BCUT2D eigenvalue weighted by atomic mass is 9.84. The molecule has 0 fully saturated rings. The van der Waals surface area contributed by atoms with Crippen LogP contribution in [0.3, 0.4) is 0 Å². The van der Waals surface area contributed by atoms with E-state index in [-0.39, 0.29) is 108 Å². The zero-order valence-corrected chi connectivity index (χ0v) is 65.2. The third-order valence-electron chi connectivity index (χ3n) is 22.9. The van der Waals surface area contributed by atoms with E-state index < -0.39 is 252 Å². The van der Waals surface area contributed by atoms with E-state index in [1.54, 1.807) is 12.1 Å². The van der Waals surface area contributed by atoms with Gasteiger partial charge in [-0.15, -0.1) is 0 Å². The predicted octanol–water partition coefficient (Wildman–Crippen LogP) is 35.0. The Morgan fingerprint density at radius 1 is 0.152 bits per heavy atom. The van der Waals surface area contributed by atoms with Crippen molar-refractivity contribution in [2.75, 3.05) is 0 Å². The van der Waals surface area contributed by atoms with E-state index in [0.717, 1.165) is 65.7 Å². The van der Waals surface area contributed by atoms with Crippen molar-refractivity contribution in [1.82, 2.24) is 0 Å². The van der Waals surface area contributed by atoms with Crippen LogP contribution in [-0.2, 0) is 0 Å². The van der Waals surface area contributed by atoms with Gasteiger partial charge in [0, 0.05) is 65.7 Å². The summed E-state index contributed by atoms with van der Waals surface area (Å²) in [5.41, 5.74) is 7.13. The summed E-state index contributed by atoms with van der Waals surface area (Å²) in [4.78, 5) is 0. The highest BCUT2D eigenvalue weighted by Gasteiger charge is 2.26. The maximum atomic E-state index is 9.45. The van der Waals surface area contributed by atoms with Crippen molar-refractivity contribution in [1.29, 1.82) is 0 Å². The Kier molecular flexibility index (Phi) is 10.6. The van der Waals surface area contributed by atoms with Crippen LogP contribution in [0.5, 0.6) is 0 Å². The van der Waals surface area contributed by atoms with Crippen molar-refractivity contribution < 1.29 is 65.3 Å². The number of rotatable bonds is 9. The molecular formula is C122H76O3. The highest BCUT2D eigenvalue weighted by atomic mass is 16.3. The third-order valence-corrected chi connectivity index (χ3v) is 22.9. The summed E-state index contributed by atoms with van der Waals surface area (Å²) < 4.78 is 358. The summed E-state index contributed by atoms with van der Waals surface area (Å²) in [6.07, 6.45) is 0. The SMILES string of the molecule is [2H]c1c([2H])c([2H])c2c(-c3cccc4c3oc3ccccc34)c3c([2H])c([2H])c([2H])c([2H])c3c(-c3cc(-c4ccccc4)cc(-c4ccccc4)c3)c2c1[2H].[2H]c1c([2H])c([2H])c2c(-c3cccc4c3oc3ccccc34)c3c([2H])c([2H])c([2H])c([2H])c3c(-c3ccc(-c4ccc5ccccc5c4)cc3)c2c1[2H].[2H]c1c([2H])c([2H])c2c(oc3c(-c4c5c([2H])c([2H])c([2H])c([2H])c5c(-c5c([2H])c([2H])c6c([2H])c([2H])c([2H])c([2H])c6c5[2H])c5c([2H])c([2H])c([2H])c([2H])c45)c([2H])c([2H])c([2H])c32)c1[2H]. The molecule has 0 spiro atoms. The second kappa shape index (κ2) is 30.4. The summed E-state index contributed by atoms with van der Waals surface area (Å²) in [7, 11) is 0. The molecule has 0 amide bonds. The topological polar surface area (TPSA) is 39.4 Å². The Labute approximate surface area is 774 Å². The molecule has 0 bridgehead atoms. The Morgan fingerprint density at radius 2 is 0.504 bits per heavy atom. The van der Waals surface area contributed by atoms with Gasteiger partial charge in [0.25, 0.3) is 0 Å². The summed E-state index contributed by atoms with van der Waals surface area (Å²) in [5.74, 6) is 0. The summed E-state index contributed by atoms with van der Waals surface area (Å²) >= 11 is 0. The summed E-state index contributed by atoms with van der Waals surface area (Å²) in [6.45, 7) is 0. The molecule has 26 aromatic rings. The van der Waals surface area contributed by atoms with Gasteiger partial charge in [0.2, 0.25) is 0 Å². The second-order valence-electron chi connectivity index (χ2n) is 29.7. The number of benzene rings is 23. The first kappa shape index (κ1) is 43.7. The van der Waals surface area contributed by atoms with Crippen molar-refractivity contribution in [3.63, 3.8) is 0 Å². The molecule has 0 saturated heterocycles. The minimum atomic E-state index is -0.909. The van der Waals surface area contributed by atoms with Gasteiger partial charge < -0.3 is 13.3 Å². The van der Waals surface area contributed by atoms with Crippen molar-refractivity contribution in [2.45, 2.75) is 0 Å². The zero-order chi connectivity index (χ0) is 115. The lowest BCUT2D eigenvalue weighted by Crippen LogP contribution is -1.92. The van der Waals surface area contributed by atoms with Gasteiger partial charge in [-0.2, -0.15) is 0 Å². The van der Waals surface area contributed by atoms with Crippen LogP contribution in [0.15, 0.2) is 473 Å². The van der Waals surface area contributed by atoms with E-state index in [1.165, 1.54) is 0 Å². The molecule has 125 heavy (non-hydrogen) atoms. The van der Waals surface area contributed by atoms with Gasteiger partial charge in [-0.1, -0.05) is 412 Å². The van der Waals surface area contributed by atoms with E-state index in [4.69, 9.17) is 44.8 Å². The number of furan rings is 3. The molecule has 0 saturated carbocycles. The first-order valence-corrected chi connectivity index (χ1v) is 39.8. The smallest absolute Gasteiger partial charge is 0.143 e. The van der Waals surface area contributed by atoms with Crippen LogP contribution in [0.2, 0.25) is 0 Å². The van der Waals surface area contributed by atoms with E-state index in [2.05, 4.69) is 30.3 Å². The van der Waals surface area contributed by atoms with Gasteiger partial charge in [-0.05, 0) is 201 Å². The molecule has 23 aromatic carbocycles. The minimum absolute atomic E-state index is 0.142. The van der Waals surface area contributed by atoms with E-state index in [0.29, 0.717) is 55.7 Å². The zero-order valence-electron chi connectivity index (χ0n) is 103. The largest absolute Gasteiger partial charge is 0.455 e. The monoisotopic (exact) mass is 1630 g/mol. The maximum absolute atomic E-state index is 9.45. The Hall–Kier alpha value is -16.5. The molecule has 3 nitrogen and oxygen atoms in total. The van der Waals surface area contributed by atoms with Crippen molar-refractivity contribution in [3.8, 4) is 100 Å². The first-order valence-electron chi connectivity index (χ1n) is 58.8. The number of hydrogen-bond donors (Lipinski definition) is 0. The van der Waals surface area contributed by atoms with Crippen molar-refractivity contribution in [3.05, 3.63) is 460 Å². The quantitative estimate of drug-likeness (QED) is 0.135. The van der Waals surface area contributed by atoms with E-state index in [9.17, 15) is 20.6 Å². The van der Waals surface area contributed by atoms with Gasteiger partial charge in [-0.3, -0.25) is 0 Å². The molecule has 0 aliphatic heterocycles. The van der Waals surface area contributed by atoms with Crippen LogP contribution in [0, 0.1) is 0 Å². The standard InChI is InChI=1S/C44H28O.C42H26O.C36H22O/c1-3-14-29(15-4-1)31-26-32(30-16-5-2-6-17-30)28-33(27-31)42-35-19-7-9-21-37(35)43(38-22-10-8-20-36(38)42)40-24-13-23-39-34-18-11-12-25-41(34)45-44(39)40;1-2-11-30-26-31(25-22-27(30)10-1)28-20-23-29(24-21-28)40-33-13-3-5-15-35(33)41(36-16-6-4-14-34(36)40)38-18-9-17-37-32-12-7-8-19-39(32)43-42(37)38;1-2-11-24-22-25(21-20-23(24)10-1)34-27-13-3-5-15-29(27)35(30-16-6-4-14-28(30)34)32-18-9-17-31-26-12-7-8-19-33(26)37-36(31)32/h1-28H;1-26H;1-22H/i7D,8D,9D,10D,19D,20D,21D,22D;3D,4D,5D,6D,13D,14D,15D,16D;1D,2D,3D,4D,5D,6D,7D,8D,9D,10D,11D,12D,13D,14D,15D,16D,17D,18D,19D,20D,21D,22D. The number of fused-ring (bicyclic) bond motifs is 17. The van der Waals surface area contributed by atoms with E-state index in [1.807, 2.05) is 188 Å². The number of hydrogen-bond acceptors (Lipinski definition) is 3. The van der Waals surface area contributed by atoms with Crippen molar-refractivity contribution >= 4 is 152 Å². The lowest BCUT2D eigenvalue weighted by Gasteiger charge is -2.19. The molecule has 0 aliphatic carbocycles. The van der Waals surface area contributed by atoms with Crippen LogP contribution in [0.4, 0.5) is 0 Å². The van der Waals surface area contributed by atoms with Gasteiger partial charge in [-0.25, -0.2) is 0 Å². The van der Waals surface area contributed by atoms with Crippen molar-refractivity contribution in [2.24, 2.45) is 0 Å². The van der Waals surface area contributed by atoms with Gasteiger partial charge in [0.1, 0.15) is 33.5 Å². The van der Waals surface area contributed by atoms with Crippen LogP contribution in [-0.4, -0.2) is 0 Å². The molecule has 3 heteroatoms. The molecule has 0 N–H and O–H groups in total. The molecule has 0 aliphatic rings. The highest BCUT2D eigenvalue weighted by Crippen LogP contribution is 2.52. The first-order chi connectivity index (χ1) is 77.8. The molecule has 0 atom stereocenters. The van der Waals surface area contributed by atoms with Gasteiger partial charge in [0.05, 0.1) is 52.1 Å². The lowest BCUT2D eigenvalue weighted by molar-refractivity contribution is 0.669. The van der Waals surface area contributed by atoms with Crippen LogP contribution >= 0.6 is 0 Å². The Morgan fingerprint density at radius 3 is 1.02 bits per heavy atom. The predicted molar refractivity (Wildman–Crippen MR) is 530 cm³/mol. The fraction of sp³-hybridized carbons (Fsp3) is 0. The highest BCUT2D eigenvalue weighted by molar-refractivity contribution is 6.28. The maximum Gasteiger partial charge on any atom is 0.143 e. The molecular weight excluding hydrogens is 1510 g/mol. The van der Waals surface area contributed by atoms with Crippen LogP contribution in [0.1, 0.15) is 52.1 Å². The van der Waals surface area contributed by atoms with Crippen LogP contribution < -0.4 is 0 Å². The molecule has 0 unspecified atom stereocenters. The Bertz CT molecular complexity index is 11000. The molecule has 3 heterocycles. The number of para-hydroxylation sites is 6. The minimum Gasteiger partial charge on any atom is -0.455 e. The molecule has 26 rings (SSSR count). The summed E-state index contributed by atoms with van der Waals surface area (Å²) in [6, 6.07) is 49.2. The fourth-order valence-electron chi connectivity index (χ4n) is 17.4. The third kappa shape index (κ3) is 12.4. The normalized spacial score (nSPS) is 15.9. The van der Waals surface area contributed by atoms with Crippen LogP contribution in [0.25, 0.3) is 252 Å². The van der Waals surface area contributed by atoms with Gasteiger partial charge >= 0.3 is 0 Å². The average molecular weight is 1630 g/mol. The molecule has 0 radical (unpaired) electrons. The van der Waals surface area contributed by atoms with Gasteiger partial charge in [0.15, 0.2) is 0 Å². The second-order valence-corrected chi connectivity index (χ2v) is 29.7. The summed E-state index contributed by atoms with van der Waals surface area (Å²) in [5, 5.41) is 2.34. The molecule has 3 aromatic heterocycles. The molecule has 582 valence electrons. The Balaban J connectivity index is 0.000000128. The fourth-order valence-corrected chi connectivity index (χ4v) is 17.4.